The summed E-state index contributed by atoms with van der Waals surface area (Å²) in [6.45, 7) is 4.95. The van der Waals surface area contributed by atoms with Gasteiger partial charge in [-0.05, 0) is 56.4 Å². The second kappa shape index (κ2) is 10.3. The van der Waals surface area contributed by atoms with Crippen LogP contribution < -0.4 is 10.1 Å². The van der Waals surface area contributed by atoms with Gasteiger partial charge in [-0.2, -0.15) is 0 Å². The van der Waals surface area contributed by atoms with E-state index in [0.717, 1.165) is 5.69 Å². The Hall–Kier alpha value is -3.10. The molecular weight excluding hydrogens is 436 g/mol. The lowest BCUT2D eigenvalue weighted by Crippen LogP contribution is -2.34. The van der Waals surface area contributed by atoms with Gasteiger partial charge >= 0.3 is 0 Å². The summed E-state index contributed by atoms with van der Waals surface area (Å²) in [5, 5.41) is 3.10. The average Bonchev–Trinajstić information content (AvgIpc) is 3.16. The number of likely N-dealkylation sites (N-methyl/N-ethyl adjacent to an activating group) is 1. The standard InChI is InChI=1S/C22H23ClN4O3S/c1-3-26(4-2)20(28)14-30-19-11-10-15(12-17(19)23)25-21(29)18-13-24-22(31)27(18)16-8-6-5-7-9-16/h5-13H,3-4,14H2,1-2H3,(H,24,31)(H,25,29). The second-order valence-corrected chi connectivity index (χ2v) is 7.40. The average molecular weight is 459 g/mol. The SMILES string of the molecule is CCN(CC)C(=O)COc1ccc(NC(=O)c2c[nH]c(=S)n2-c2ccccc2)cc1Cl. The lowest BCUT2D eigenvalue weighted by molar-refractivity contribution is -0.132. The molecule has 0 spiro atoms. The minimum Gasteiger partial charge on any atom is -0.482 e. The maximum atomic E-state index is 12.9. The van der Waals surface area contributed by atoms with E-state index in [9.17, 15) is 9.59 Å². The van der Waals surface area contributed by atoms with Crippen LogP contribution in [0.25, 0.3) is 5.69 Å². The van der Waals surface area contributed by atoms with E-state index in [1.807, 2.05) is 44.2 Å². The van der Waals surface area contributed by atoms with E-state index in [-0.39, 0.29) is 18.4 Å². The number of carbonyl (C=O) groups is 2. The van der Waals surface area contributed by atoms with Crippen LogP contribution in [0, 0.1) is 4.77 Å². The highest BCUT2D eigenvalue weighted by molar-refractivity contribution is 7.71. The molecule has 1 heterocycles. The van der Waals surface area contributed by atoms with Gasteiger partial charge in [-0.1, -0.05) is 29.8 Å². The summed E-state index contributed by atoms with van der Waals surface area (Å²) >= 11 is 11.6. The van der Waals surface area contributed by atoms with Gasteiger partial charge in [0.25, 0.3) is 11.8 Å². The first kappa shape index (κ1) is 22.6. The summed E-state index contributed by atoms with van der Waals surface area (Å²) < 4.78 is 7.62. The van der Waals surface area contributed by atoms with Crippen molar-refractivity contribution in [3.05, 3.63) is 70.2 Å². The number of ether oxygens (including phenoxy) is 1. The molecule has 2 N–H and O–H groups in total. The molecule has 31 heavy (non-hydrogen) atoms. The van der Waals surface area contributed by atoms with Crippen molar-refractivity contribution in [1.29, 1.82) is 0 Å². The fraction of sp³-hybridized carbons (Fsp3) is 0.227. The molecule has 2 aromatic carbocycles. The zero-order chi connectivity index (χ0) is 22.4. The van der Waals surface area contributed by atoms with E-state index in [4.69, 9.17) is 28.6 Å². The van der Waals surface area contributed by atoms with Crippen molar-refractivity contribution in [2.45, 2.75) is 13.8 Å². The van der Waals surface area contributed by atoms with Crippen LogP contribution in [0.2, 0.25) is 5.02 Å². The van der Waals surface area contributed by atoms with Crippen molar-refractivity contribution in [1.82, 2.24) is 14.5 Å². The normalized spacial score (nSPS) is 10.5. The molecule has 7 nitrogen and oxygen atoms in total. The van der Waals surface area contributed by atoms with E-state index in [1.165, 1.54) is 0 Å². The number of H-pyrrole nitrogens is 1. The maximum Gasteiger partial charge on any atom is 0.274 e. The Morgan fingerprint density at radius 1 is 1.16 bits per heavy atom. The van der Waals surface area contributed by atoms with Crippen molar-refractivity contribution in [2.75, 3.05) is 25.0 Å². The second-order valence-electron chi connectivity index (χ2n) is 6.60. The Labute approximate surface area is 190 Å². The van der Waals surface area contributed by atoms with Crippen LogP contribution in [-0.2, 0) is 4.79 Å². The molecule has 0 aliphatic heterocycles. The van der Waals surface area contributed by atoms with Gasteiger partial charge in [0.15, 0.2) is 11.4 Å². The summed E-state index contributed by atoms with van der Waals surface area (Å²) in [6.07, 6.45) is 1.56. The maximum absolute atomic E-state index is 12.9. The number of para-hydroxylation sites is 1. The molecule has 0 atom stereocenters. The van der Waals surface area contributed by atoms with Crippen LogP contribution in [0.5, 0.6) is 5.75 Å². The lowest BCUT2D eigenvalue weighted by atomic mass is 10.2. The van der Waals surface area contributed by atoms with E-state index in [2.05, 4.69) is 10.3 Å². The lowest BCUT2D eigenvalue weighted by Gasteiger charge is -2.19. The monoisotopic (exact) mass is 458 g/mol. The molecule has 0 saturated heterocycles. The minimum absolute atomic E-state index is 0.102. The topological polar surface area (TPSA) is 79.4 Å². The summed E-state index contributed by atoms with van der Waals surface area (Å²) in [5.74, 6) is -0.0947. The van der Waals surface area contributed by atoms with Gasteiger partial charge in [-0.25, -0.2) is 0 Å². The third-order valence-electron chi connectivity index (χ3n) is 4.68. The molecule has 0 bridgehead atoms. The molecule has 0 saturated carbocycles. The van der Waals surface area contributed by atoms with E-state index < -0.39 is 0 Å². The molecule has 1 aromatic heterocycles. The van der Waals surface area contributed by atoms with Crippen molar-refractivity contribution in [2.24, 2.45) is 0 Å². The fourth-order valence-corrected chi connectivity index (χ4v) is 3.56. The van der Waals surface area contributed by atoms with Crippen LogP contribution >= 0.6 is 23.8 Å². The molecule has 9 heteroatoms. The number of hydrogen-bond donors (Lipinski definition) is 2. The quantitative estimate of drug-likeness (QED) is 0.480. The number of aromatic amines is 1. The number of imidazole rings is 1. The number of anilines is 1. The number of carbonyl (C=O) groups excluding carboxylic acids is 2. The summed E-state index contributed by atoms with van der Waals surface area (Å²) in [4.78, 5) is 29.5. The van der Waals surface area contributed by atoms with Gasteiger partial charge in [0, 0.05) is 30.7 Å². The first-order valence-electron chi connectivity index (χ1n) is 9.81. The van der Waals surface area contributed by atoms with Gasteiger partial charge in [0.05, 0.1) is 5.02 Å². The van der Waals surface area contributed by atoms with Crippen LogP contribution in [0.1, 0.15) is 24.3 Å². The summed E-state index contributed by atoms with van der Waals surface area (Å²) in [6, 6.07) is 14.2. The molecule has 0 radical (unpaired) electrons. The number of hydrogen-bond acceptors (Lipinski definition) is 4. The highest BCUT2D eigenvalue weighted by Crippen LogP contribution is 2.28. The number of halogens is 1. The predicted molar refractivity (Wildman–Crippen MR) is 124 cm³/mol. The Morgan fingerprint density at radius 3 is 2.52 bits per heavy atom. The highest BCUT2D eigenvalue weighted by atomic mass is 35.5. The Kier molecular flexibility index (Phi) is 7.49. The Balaban J connectivity index is 1.72. The molecule has 0 aliphatic carbocycles. The molecule has 0 fully saturated rings. The van der Waals surface area contributed by atoms with Gasteiger partial charge < -0.3 is 19.9 Å². The molecule has 162 valence electrons. The molecule has 3 rings (SSSR count). The van der Waals surface area contributed by atoms with Crippen molar-refractivity contribution < 1.29 is 14.3 Å². The van der Waals surface area contributed by atoms with Gasteiger partial charge in [-0.3, -0.25) is 14.2 Å². The predicted octanol–water partition coefficient (Wildman–Crippen LogP) is 4.69. The minimum atomic E-state index is -0.349. The van der Waals surface area contributed by atoms with Crippen LogP contribution in [0.3, 0.4) is 0 Å². The van der Waals surface area contributed by atoms with Gasteiger partial charge in [0.2, 0.25) is 0 Å². The van der Waals surface area contributed by atoms with Crippen molar-refractivity contribution >= 4 is 41.3 Å². The fourth-order valence-electron chi connectivity index (χ4n) is 3.07. The van der Waals surface area contributed by atoms with Crippen molar-refractivity contribution in [3.8, 4) is 11.4 Å². The molecule has 2 amide bonds. The molecule has 0 aliphatic rings. The zero-order valence-corrected chi connectivity index (χ0v) is 18.8. The number of nitrogens with one attached hydrogen (secondary N) is 2. The number of aromatic nitrogens is 2. The third kappa shape index (κ3) is 5.34. The summed E-state index contributed by atoms with van der Waals surface area (Å²) in [5.41, 5.74) is 1.63. The van der Waals surface area contributed by atoms with E-state index in [1.54, 1.807) is 33.9 Å². The van der Waals surface area contributed by atoms with E-state index in [0.29, 0.717) is 40.0 Å². The first-order chi connectivity index (χ1) is 14.9. The molecule has 3 aromatic rings. The van der Waals surface area contributed by atoms with Crippen LogP contribution in [0.4, 0.5) is 5.69 Å². The Morgan fingerprint density at radius 2 is 1.87 bits per heavy atom. The number of rotatable bonds is 8. The largest absolute Gasteiger partial charge is 0.482 e. The smallest absolute Gasteiger partial charge is 0.274 e. The van der Waals surface area contributed by atoms with Crippen molar-refractivity contribution in [3.63, 3.8) is 0 Å². The highest BCUT2D eigenvalue weighted by Gasteiger charge is 2.16. The first-order valence-corrected chi connectivity index (χ1v) is 10.6. The molecular formula is C22H23ClN4O3S. The van der Waals surface area contributed by atoms with Gasteiger partial charge in [0.1, 0.15) is 11.4 Å². The van der Waals surface area contributed by atoms with Crippen LogP contribution in [-0.4, -0.2) is 46.0 Å². The van der Waals surface area contributed by atoms with Gasteiger partial charge in [-0.15, -0.1) is 0 Å². The number of benzene rings is 2. The third-order valence-corrected chi connectivity index (χ3v) is 5.28. The molecule has 0 unspecified atom stereocenters. The van der Waals surface area contributed by atoms with E-state index >= 15 is 0 Å². The van der Waals surface area contributed by atoms with Crippen LogP contribution in [0.15, 0.2) is 54.7 Å². The number of amides is 2. The number of nitrogens with zero attached hydrogens (tertiary/aromatic N) is 2. The summed E-state index contributed by atoms with van der Waals surface area (Å²) in [7, 11) is 0. The Bertz CT molecular complexity index is 1120. The zero-order valence-electron chi connectivity index (χ0n) is 17.2.